The van der Waals surface area contributed by atoms with E-state index in [1.807, 2.05) is 24.3 Å². The summed E-state index contributed by atoms with van der Waals surface area (Å²) in [6.07, 6.45) is 1.79. The molecule has 5 heteroatoms. The van der Waals surface area contributed by atoms with Crippen LogP contribution < -0.4 is 15.2 Å². The smallest absolute Gasteiger partial charge is 0.126 e. The first-order chi connectivity index (χ1) is 10.2. The molecule has 0 saturated carbocycles. The molecule has 2 aromatic rings. The Kier molecular flexibility index (Phi) is 6.54. The van der Waals surface area contributed by atoms with E-state index in [2.05, 4.69) is 28.9 Å². The second kappa shape index (κ2) is 8.41. The predicted molar refractivity (Wildman–Crippen MR) is 91.3 cm³/mol. The standard InChI is InChI=1S/C16H20BrNO2S/c1-2-9-19-13-4-3-12(7-8-18)15(10-13)20-11-14-5-6-16(17)21-14/h3-6,10H,2,7-9,11,18H2,1H3. The van der Waals surface area contributed by atoms with Crippen molar-refractivity contribution in [3.8, 4) is 11.5 Å². The summed E-state index contributed by atoms with van der Waals surface area (Å²) in [7, 11) is 0. The monoisotopic (exact) mass is 369 g/mol. The third-order valence-corrected chi connectivity index (χ3v) is 4.52. The van der Waals surface area contributed by atoms with Gasteiger partial charge in [0.25, 0.3) is 0 Å². The van der Waals surface area contributed by atoms with Gasteiger partial charge in [0.1, 0.15) is 18.1 Å². The lowest BCUT2D eigenvalue weighted by Gasteiger charge is -2.13. The van der Waals surface area contributed by atoms with Crippen LogP contribution in [0.3, 0.4) is 0 Å². The molecule has 0 unspecified atom stereocenters. The highest BCUT2D eigenvalue weighted by Gasteiger charge is 2.07. The number of rotatable bonds is 8. The summed E-state index contributed by atoms with van der Waals surface area (Å²) in [4.78, 5) is 1.18. The van der Waals surface area contributed by atoms with Crippen molar-refractivity contribution in [3.05, 3.63) is 44.6 Å². The molecule has 2 N–H and O–H groups in total. The molecule has 0 fully saturated rings. The van der Waals surface area contributed by atoms with Gasteiger partial charge in [-0.25, -0.2) is 0 Å². The van der Waals surface area contributed by atoms with Crippen molar-refractivity contribution < 1.29 is 9.47 Å². The molecule has 0 spiro atoms. The lowest BCUT2D eigenvalue weighted by molar-refractivity contribution is 0.294. The number of nitrogens with two attached hydrogens (primary N) is 1. The first kappa shape index (κ1) is 16.3. The Hall–Kier alpha value is -1.04. The molecular weight excluding hydrogens is 350 g/mol. The summed E-state index contributed by atoms with van der Waals surface area (Å²) in [5.74, 6) is 1.71. The van der Waals surface area contributed by atoms with Crippen molar-refractivity contribution in [2.24, 2.45) is 5.73 Å². The van der Waals surface area contributed by atoms with E-state index in [9.17, 15) is 0 Å². The fourth-order valence-electron chi connectivity index (χ4n) is 1.92. The molecule has 0 aliphatic carbocycles. The van der Waals surface area contributed by atoms with Crippen LogP contribution in [0.5, 0.6) is 11.5 Å². The van der Waals surface area contributed by atoms with Gasteiger partial charge in [0.2, 0.25) is 0 Å². The van der Waals surface area contributed by atoms with Crippen molar-refractivity contribution in [2.45, 2.75) is 26.4 Å². The van der Waals surface area contributed by atoms with Crippen LogP contribution in [0.4, 0.5) is 0 Å². The van der Waals surface area contributed by atoms with Gasteiger partial charge in [-0.1, -0.05) is 13.0 Å². The van der Waals surface area contributed by atoms with E-state index in [0.717, 1.165) is 33.7 Å². The van der Waals surface area contributed by atoms with Gasteiger partial charge in [-0.15, -0.1) is 11.3 Å². The zero-order valence-electron chi connectivity index (χ0n) is 12.1. The number of benzene rings is 1. The first-order valence-electron chi connectivity index (χ1n) is 7.05. The summed E-state index contributed by atoms with van der Waals surface area (Å²) in [6, 6.07) is 10.1. The lowest BCUT2D eigenvalue weighted by atomic mass is 10.1. The molecule has 21 heavy (non-hydrogen) atoms. The highest BCUT2D eigenvalue weighted by Crippen LogP contribution is 2.28. The molecule has 3 nitrogen and oxygen atoms in total. The molecule has 1 heterocycles. The lowest BCUT2D eigenvalue weighted by Crippen LogP contribution is -2.06. The van der Waals surface area contributed by atoms with Crippen molar-refractivity contribution in [2.75, 3.05) is 13.2 Å². The summed E-state index contributed by atoms with van der Waals surface area (Å²) in [5, 5.41) is 0. The SMILES string of the molecule is CCCOc1ccc(CCN)c(OCc2ccc(Br)s2)c1. The number of hydrogen-bond donors (Lipinski definition) is 1. The third kappa shape index (κ3) is 5.02. The Bertz CT molecular complexity index is 571. The number of thiophene rings is 1. The normalized spacial score (nSPS) is 10.6. The maximum absolute atomic E-state index is 5.96. The minimum absolute atomic E-state index is 0.561. The molecule has 0 amide bonds. The van der Waals surface area contributed by atoms with Gasteiger partial charge in [0, 0.05) is 10.9 Å². The van der Waals surface area contributed by atoms with Gasteiger partial charge in [0.05, 0.1) is 10.4 Å². The fourth-order valence-corrected chi connectivity index (χ4v) is 3.32. The van der Waals surface area contributed by atoms with Gasteiger partial charge >= 0.3 is 0 Å². The fraction of sp³-hybridized carbons (Fsp3) is 0.375. The largest absolute Gasteiger partial charge is 0.493 e. The molecule has 0 aliphatic heterocycles. The van der Waals surface area contributed by atoms with E-state index in [-0.39, 0.29) is 0 Å². The molecule has 2 rings (SSSR count). The van der Waals surface area contributed by atoms with Gasteiger partial charge in [0.15, 0.2) is 0 Å². The zero-order valence-corrected chi connectivity index (χ0v) is 14.5. The van der Waals surface area contributed by atoms with Crippen molar-refractivity contribution in [1.29, 1.82) is 0 Å². The van der Waals surface area contributed by atoms with Gasteiger partial charge in [-0.05, 0) is 59.1 Å². The van der Waals surface area contributed by atoms with Crippen LogP contribution >= 0.6 is 27.3 Å². The number of hydrogen-bond acceptors (Lipinski definition) is 4. The third-order valence-electron chi connectivity index (χ3n) is 2.92. The van der Waals surface area contributed by atoms with Crippen molar-refractivity contribution >= 4 is 27.3 Å². The zero-order chi connectivity index (χ0) is 15.1. The Balaban J connectivity index is 2.09. The number of halogens is 1. The van der Waals surface area contributed by atoms with Crippen LogP contribution in [-0.4, -0.2) is 13.2 Å². The first-order valence-corrected chi connectivity index (χ1v) is 8.66. The molecule has 1 aromatic carbocycles. The average molecular weight is 370 g/mol. The second-order valence-corrected chi connectivity index (χ2v) is 7.20. The minimum atomic E-state index is 0.561. The average Bonchev–Trinajstić information content (AvgIpc) is 2.90. The predicted octanol–water partition coefficient (Wildman–Crippen LogP) is 4.38. The van der Waals surface area contributed by atoms with E-state index in [1.165, 1.54) is 4.88 Å². The second-order valence-electron chi connectivity index (χ2n) is 4.65. The number of ether oxygens (including phenoxy) is 2. The molecular formula is C16H20BrNO2S. The summed E-state index contributed by atoms with van der Waals surface area (Å²) >= 11 is 5.14. The summed E-state index contributed by atoms with van der Waals surface area (Å²) in [5.41, 5.74) is 6.79. The Morgan fingerprint density at radius 1 is 1.19 bits per heavy atom. The molecule has 0 aliphatic rings. The van der Waals surface area contributed by atoms with Crippen LogP contribution in [0.25, 0.3) is 0 Å². The molecule has 1 aromatic heterocycles. The van der Waals surface area contributed by atoms with Gasteiger partial charge in [-0.2, -0.15) is 0 Å². The Labute approximate surface area is 138 Å². The molecule has 0 bridgehead atoms. The topological polar surface area (TPSA) is 44.5 Å². The van der Waals surface area contributed by atoms with E-state index >= 15 is 0 Å². The van der Waals surface area contributed by atoms with E-state index in [4.69, 9.17) is 15.2 Å². The van der Waals surface area contributed by atoms with Crippen molar-refractivity contribution in [1.82, 2.24) is 0 Å². The molecule has 0 atom stereocenters. The van der Waals surface area contributed by atoms with E-state index < -0.39 is 0 Å². The van der Waals surface area contributed by atoms with Crippen LogP contribution in [0.15, 0.2) is 34.1 Å². The molecule has 0 radical (unpaired) electrons. The van der Waals surface area contributed by atoms with Crippen LogP contribution in [-0.2, 0) is 13.0 Å². The maximum Gasteiger partial charge on any atom is 0.126 e. The highest BCUT2D eigenvalue weighted by molar-refractivity contribution is 9.11. The Morgan fingerprint density at radius 2 is 2.05 bits per heavy atom. The minimum Gasteiger partial charge on any atom is -0.493 e. The van der Waals surface area contributed by atoms with Gasteiger partial charge < -0.3 is 15.2 Å². The van der Waals surface area contributed by atoms with Crippen molar-refractivity contribution in [3.63, 3.8) is 0 Å². The highest BCUT2D eigenvalue weighted by atomic mass is 79.9. The van der Waals surface area contributed by atoms with Crippen LogP contribution in [0.1, 0.15) is 23.8 Å². The maximum atomic E-state index is 5.96. The molecule has 114 valence electrons. The quantitative estimate of drug-likeness (QED) is 0.750. The van der Waals surface area contributed by atoms with Gasteiger partial charge in [-0.3, -0.25) is 0 Å². The van der Waals surface area contributed by atoms with E-state index in [0.29, 0.717) is 19.8 Å². The summed E-state index contributed by atoms with van der Waals surface area (Å²) in [6.45, 7) is 3.98. The van der Waals surface area contributed by atoms with Crippen LogP contribution in [0, 0.1) is 0 Å². The van der Waals surface area contributed by atoms with Crippen LogP contribution in [0.2, 0.25) is 0 Å². The molecule has 0 saturated heterocycles. The summed E-state index contributed by atoms with van der Waals surface area (Å²) < 4.78 is 12.7. The van der Waals surface area contributed by atoms with E-state index in [1.54, 1.807) is 11.3 Å². The Morgan fingerprint density at radius 3 is 2.71 bits per heavy atom.